The Kier molecular flexibility index (Phi) is 15.7. The molecule has 0 aromatic heterocycles. The third kappa shape index (κ3) is 54.9. The second-order valence-corrected chi connectivity index (χ2v) is 3.44. The van der Waals surface area contributed by atoms with Crippen molar-refractivity contribution in [3.05, 3.63) is 0 Å². The summed E-state index contributed by atoms with van der Waals surface area (Å²) in [5.41, 5.74) is 0. The maximum atomic E-state index is 8.97. The average molecular weight is 349 g/mol. The Bertz CT molecular complexity index is 64.7. The molecule has 0 aliphatic carbocycles. The topological polar surface area (TPSA) is 77.8 Å². The molecule has 0 radical (unpaired) electrons. The third-order valence-corrected chi connectivity index (χ3v) is 0. The Morgan fingerprint density at radius 2 is 1.29 bits per heavy atom. The van der Waals surface area contributed by atoms with E-state index < -0.39 is 20.1 Å². The van der Waals surface area contributed by atoms with E-state index in [-0.39, 0.29) is 66.4 Å². The van der Waals surface area contributed by atoms with Gasteiger partial charge in [-0.25, -0.2) is 0 Å². The van der Waals surface area contributed by atoms with Crippen LogP contribution in [-0.4, -0.2) is 93.8 Å². The normalized spacial score (nSPS) is 8.43. The molecule has 0 atom stereocenters. The molecule has 0 saturated heterocycles. The molecule has 7 heavy (non-hydrogen) atoms. The van der Waals surface area contributed by atoms with Gasteiger partial charge in [-0.15, -0.1) is 0 Å². The fraction of sp³-hybridized carbons (Fsp3) is 0. The van der Waals surface area contributed by atoms with Gasteiger partial charge in [0, 0.05) is 0 Å². The standard InChI is InChI=1S/Ca.In.3H2O.O.Sb.5H/h;;3*1H2;;;;;;;/q+2;;;;;;+3;;;;2*-1/p-3. The van der Waals surface area contributed by atoms with E-state index in [9.17, 15) is 0 Å². The van der Waals surface area contributed by atoms with Gasteiger partial charge in [-0.2, -0.15) is 0 Å². The SMILES string of the molecule is [Ca+2].[H-].[H-].[InH3].[O]=[Sb]([OH])([OH])[OH]. The number of rotatable bonds is 0. The Labute approximate surface area is 97.8 Å². The van der Waals surface area contributed by atoms with Crippen LogP contribution in [0.1, 0.15) is 2.85 Å². The van der Waals surface area contributed by atoms with Crippen LogP contribution < -0.4 is 0 Å². The zero-order valence-corrected chi connectivity index (χ0v) is 7.67. The van der Waals surface area contributed by atoms with Gasteiger partial charge < -0.3 is 2.85 Å². The van der Waals surface area contributed by atoms with Crippen LogP contribution in [0.2, 0.25) is 0 Å². The second-order valence-electron chi connectivity index (χ2n) is 0.513. The molecule has 42 valence electrons. The molecule has 0 aliphatic heterocycles. The van der Waals surface area contributed by atoms with Crippen molar-refractivity contribution in [1.29, 1.82) is 0 Å². The summed E-state index contributed by atoms with van der Waals surface area (Å²) in [4.78, 5) is 0. The van der Waals surface area contributed by atoms with Gasteiger partial charge in [-0.1, -0.05) is 0 Å². The molecule has 7 heteroatoms. The van der Waals surface area contributed by atoms with Crippen molar-refractivity contribution in [3.8, 4) is 0 Å². The van der Waals surface area contributed by atoms with Crippen molar-refractivity contribution < 1.29 is 16.0 Å². The van der Waals surface area contributed by atoms with E-state index in [0.29, 0.717) is 0 Å². The predicted molar refractivity (Wildman–Crippen MR) is 31.0 cm³/mol. The van der Waals surface area contributed by atoms with Gasteiger partial charge >= 0.3 is 96.8 Å². The molecule has 0 amide bonds. The molecular weight excluding hydrogens is 341 g/mol. The van der Waals surface area contributed by atoms with Gasteiger partial charge in [-0.05, 0) is 0 Å². The van der Waals surface area contributed by atoms with Crippen LogP contribution in [0.25, 0.3) is 0 Å². The van der Waals surface area contributed by atoms with E-state index in [1.54, 1.807) is 0 Å². The minimum absolute atomic E-state index is 0. The maximum absolute atomic E-state index is 8.97. The Balaban J connectivity index is -0.0000000133. The van der Waals surface area contributed by atoms with Crippen LogP contribution >= 0.6 is 0 Å². The summed E-state index contributed by atoms with van der Waals surface area (Å²) < 4.78 is 30.8. The van der Waals surface area contributed by atoms with Crippen molar-refractivity contribution in [1.82, 2.24) is 0 Å². The first-order chi connectivity index (χ1) is 2.00. The molecule has 0 aromatic rings. The quantitative estimate of drug-likeness (QED) is 0.397. The van der Waals surface area contributed by atoms with E-state index in [4.69, 9.17) is 13.2 Å². The zero-order valence-electron chi connectivity index (χ0n) is 4.90. The fourth-order valence-corrected chi connectivity index (χ4v) is 0. The summed E-state index contributed by atoms with van der Waals surface area (Å²) in [5.74, 6) is 0. The summed E-state index contributed by atoms with van der Waals surface area (Å²) in [6.45, 7) is 0. The molecule has 0 aromatic carbocycles. The molecule has 4 nitrogen and oxygen atoms in total. The summed E-state index contributed by atoms with van der Waals surface area (Å²) in [7, 11) is 0. The molecule has 0 heterocycles. The average Bonchev–Trinajstić information content (AvgIpc) is 0.722. The molecule has 0 rings (SSSR count). The van der Waals surface area contributed by atoms with E-state index in [2.05, 4.69) is 0 Å². The number of hydrogen-bond donors (Lipinski definition) is 3. The molecular formula is H8CaInO4Sb. The fourth-order valence-electron chi connectivity index (χ4n) is 0. The first-order valence-corrected chi connectivity index (χ1v) is 5.25. The van der Waals surface area contributed by atoms with Crippen LogP contribution in [-0.2, 0) is 3.02 Å². The first kappa shape index (κ1) is 16.3. The summed E-state index contributed by atoms with van der Waals surface area (Å²) in [6.07, 6.45) is 0. The van der Waals surface area contributed by atoms with Crippen LogP contribution in [0, 0.1) is 0 Å². The molecule has 0 spiro atoms. The monoisotopic (exact) mass is 348 g/mol. The van der Waals surface area contributed by atoms with Gasteiger partial charge in [0.2, 0.25) is 0 Å². The van der Waals surface area contributed by atoms with E-state index >= 15 is 0 Å². The Morgan fingerprint density at radius 3 is 1.29 bits per heavy atom. The Morgan fingerprint density at radius 1 is 1.29 bits per heavy atom. The van der Waals surface area contributed by atoms with Crippen LogP contribution in [0.4, 0.5) is 0 Å². The minimum atomic E-state index is -5.35. The van der Waals surface area contributed by atoms with Gasteiger partial charge in [0.25, 0.3) is 0 Å². The molecule has 0 saturated carbocycles. The summed E-state index contributed by atoms with van der Waals surface area (Å²) >= 11 is -5.35. The van der Waals surface area contributed by atoms with Crippen LogP contribution in [0.15, 0.2) is 0 Å². The van der Waals surface area contributed by atoms with E-state index in [1.807, 2.05) is 0 Å². The number of hydrogen-bond acceptors (Lipinski definition) is 1. The molecule has 0 bridgehead atoms. The van der Waals surface area contributed by atoms with Gasteiger partial charge in [0.1, 0.15) is 0 Å². The summed E-state index contributed by atoms with van der Waals surface area (Å²) in [5, 5.41) is 0. The Hall–Kier alpha value is 2.63. The van der Waals surface area contributed by atoms with Gasteiger partial charge in [-0.3, -0.25) is 0 Å². The predicted octanol–water partition coefficient (Wildman–Crippen LogP) is -3.51. The molecule has 0 fully saturated rings. The van der Waals surface area contributed by atoms with Crippen molar-refractivity contribution in [2.45, 2.75) is 0 Å². The van der Waals surface area contributed by atoms with Crippen molar-refractivity contribution in [3.63, 3.8) is 0 Å². The second kappa shape index (κ2) is 6.74. The van der Waals surface area contributed by atoms with Gasteiger partial charge in [0.15, 0.2) is 0 Å². The van der Waals surface area contributed by atoms with Crippen molar-refractivity contribution >= 4 is 83.6 Å². The third-order valence-electron chi connectivity index (χ3n) is 0. The van der Waals surface area contributed by atoms with E-state index in [0.717, 1.165) is 0 Å². The van der Waals surface area contributed by atoms with Crippen molar-refractivity contribution in [2.75, 3.05) is 0 Å². The van der Waals surface area contributed by atoms with Crippen molar-refractivity contribution in [2.24, 2.45) is 0 Å². The molecule has 0 unspecified atom stereocenters. The molecule has 3 N–H and O–H groups in total. The first-order valence-electron chi connectivity index (χ1n) is 0.783. The van der Waals surface area contributed by atoms with E-state index in [1.165, 1.54) is 0 Å². The zero-order chi connectivity index (χ0) is 4.50. The molecule has 0 aliphatic rings. The van der Waals surface area contributed by atoms with Crippen LogP contribution in [0.3, 0.4) is 0 Å². The summed E-state index contributed by atoms with van der Waals surface area (Å²) in [6, 6.07) is 0. The van der Waals surface area contributed by atoms with Crippen LogP contribution in [0.5, 0.6) is 0 Å². The van der Waals surface area contributed by atoms with Gasteiger partial charge in [0.05, 0.1) is 0 Å².